The minimum Gasteiger partial charge on any atom is -0.485 e. The maximum atomic E-state index is 13.9. The molecule has 0 amide bonds. The first-order chi connectivity index (χ1) is 15.5. The van der Waals surface area contributed by atoms with Crippen molar-refractivity contribution in [3.05, 3.63) is 100 Å². The van der Waals surface area contributed by atoms with Gasteiger partial charge in [-0.15, -0.1) is 0 Å². The van der Waals surface area contributed by atoms with Crippen LogP contribution >= 0.6 is 11.6 Å². The Balaban J connectivity index is 1.56. The number of ketones is 1. The van der Waals surface area contributed by atoms with Gasteiger partial charge in [0, 0.05) is 17.6 Å². The minimum atomic E-state index is -0.707. The van der Waals surface area contributed by atoms with Gasteiger partial charge in [0.15, 0.2) is 17.2 Å². The summed E-state index contributed by atoms with van der Waals surface area (Å²) >= 11 is 5.89. The summed E-state index contributed by atoms with van der Waals surface area (Å²) in [6.07, 6.45) is 2.98. The summed E-state index contributed by atoms with van der Waals surface area (Å²) in [7, 11) is 0. The number of carbonyl (C=O) groups excluding carboxylic acids is 1. The first-order valence-corrected chi connectivity index (χ1v) is 10.1. The maximum Gasteiger partial charge on any atom is 0.182 e. The number of carbonyl (C=O) groups is 1. The van der Waals surface area contributed by atoms with E-state index in [0.29, 0.717) is 16.2 Å². The van der Waals surface area contributed by atoms with Crippen LogP contribution in [0.5, 0.6) is 5.75 Å². The zero-order valence-corrected chi connectivity index (χ0v) is 17.4. The van der Waals surface area contributed by atoms with Crippen LogP contribution in [0.4, 0.5) is 8.78 Å². The number of ether oxygens (including phenoxy) is 1. The van der Waals surface area contributed by atoms with Crippen LogP contribution < -0.4 is 4.74 Å². The number of imidazole rings is 1. The van der Waals surface area contributed by atoms with Gasteiger partial charge in [-0.1, -0.05) is 29.8 Å². The molecule has 0 aliphatic heterocycles. The molecule has 4 rings (SSSR count). The van der Waals surface area contributed by atoms with Crippen LogP contribution in [0.1, 0.15) is 34.0 Å². The summed E-state index contributed by atoms with van der Waals surface area (Å²) in [5.74, 6) is -2.07. The molecule has 160 valence electrons. The van der Waals surface area contributed by atoms with E-state index in [4.69, 9.17) is 16.3 Å². The Morgan fingerprint density at radius 2 is 1.84 bits per heavy atom. The number of rotatable bonds is 7. The van der Waals surface area contributed by atoms with Crippen molar-refractivity contribution in [2.24, 2.45) is 0 Å². The lowest BCUT2D eigenvalue weighted by atomic mass is 9.94. The zero-order valence-electron chi connectivity index (χ0n) is 16.6. The molecule has 2 aromatic heterocycles. The molecule has 0 N–H and O–H groups in total. The van der Waals surface area contributed by atoms with Crippen LogP contribution in [-0.2, 0) is 6.61 Å². The smallest absolute Gasteiger partial charge is 0.182 e. The van der Waals surface area contributed by atoms with Crippen molar-refractivity contribution in [3.8, 4) is 11.8 Å². The van der Waals surface area contributed by atoms with Crippen molar-refractivity contribution in [1.29, 1.82) is 5.26 Å². The Hall–Kier alpha value is -3.76. The molecule has 32 heavy (non-hydrogen) atoms. The number of benzene rings is 2. The summed E-state index contributed by atoms with van der Waals surface area (Å²) in [6, 6.07) is 15.7. The molecule has 2 heterocycles. The number of nitrogens with zero attached hydrogens (tertiary/aromatic N) is 3. The molecule has 0 spiro atoms. The predicted molar refractivity (Wildman–Crippen MR) is 115 cm³/mol. The van der Waals surface area contributed by atoms with E-state index in [0.717, 1.165) is 12.1 Å². The SMILES string of the molecule is N#CC(CC(=O)c1cnc2c(OCc3c(F)cccc3F)cccn12)c1ccc(Cl)cc1. The van der Waals surface area contributed by atoms with Crippen LogP contribution in [0.15, 0.2) is 67.0 Å². The standard InChI is InChI=1S/C24H16ClF2N3O2/c25-17-8-6-15(7-9-17)16(12-28)11-22(31)21-13-29-24-23(5-2-10-30(21)24)32-14-18-19(26)3-1-4-20(18)27/h1-10,13,16H,11,14H2. The van der Waals surface area contributed by atoms with Gasteiger partial charge in [0.1, 0.15) is 23.9 Å². The van der Waals surface area contributed by atoms with Crippen LogP contribution in [-0.4, -0.2) is 15.2 Å². The molecule has 0 fully saturated rings. The molecule has 0 bridgehead atoms. The largest absolute Gasteiger partial charge is 0.485 e. The van der Waals surface area contributed by atoms with Crippen LogP contribution in [0.2, 0.25) is 5.02 Å². The fourth-order valence-electron chi connectivity index (χ4n) is 3.35. The molecule has 0 aliphatic carbocycles. The second-order valence-electron chi connectivity index (χ2n) is 7.06. The highest BCUT2D eigenvalue weighted by Crippen LogP contribution is 2.26. The Labute approximate surface area is 187 Å². The average molecular weight is 452 g/mol. The normalized spacial score (nSPS) is 11.8. The zero-order chi connectivity index (χ0) is 22.7. The van der Waals surface area contributed by atoms with E-state index in [-0.39, 0.29) is 35.8 Å². The Morgan fingerprint density at radius 1 is 1.12 bits per heavy atom. The number of fused-ring (bicyclic) bond motifs is 1. The molecule has 0 radical (unpaired) electrons. The van der Waals surface area contributed by atoms with Crippen molar-refractivity contribution in [1.82, 2.24) is 9.38 Å². The third-order valence-corrected chi connectivity index (χ3v) is 5.29. The molecule has 5 nitrogen and oxygen atoms in total. The number of Topliss-reactive ketones (excluding diaryl/α,β-unsaturated/α-hetero) is 1. The lowest BCUT2D eigenvalue weighted by Gasteiger charge is -2.10. The first kappa shape index (κ1) is 21.5. The molecule has 8 heteroatoms. The van der Waals surface area contributed by atoms with Crippen LogP contribution in [0, 0.1) is 23.0 Å². The summed E-state index contributed by atoms with van der Waals surface area (Å²) in [5, 5.41) is 10.1. The van der Waals surface area contributed by atoms with E-state index in [1.54, 1.807) is 42.6 Å². The molecule has 1 unspecified atom stereocenters. The molecule has 0 saturated heterocycles. The summed E-state index contributed by atoms with van der Waals surface area (Å²) in [4.78, 5) is 17.2. The molecule has 0 aliphatic rings. The van der Waals surface area contributed by atoms with Gasteiger partial charge in [-0.25, -0.2) is 13.8 Å². The van der Waals surface area contributed by atoms with E-state index >= 15 is 0 Å². The molecular weight excluding hydrogens is 436 g/mol. The highest BCUT2D eigenvalue weighted by Gasteiger charge is 2.21. The van der Waals surface area contributed by atoms with E-state index in [2.05, 4.69) is 11.1 Å². The Morgan fingerprint density at radius 3 is 2.53 bits per heavy atom. The van der Waals surface area contributed by atoms with Gasteiger partial charge in [0.05, 0.1) is 23.7 Å². The summed E-state index contributed by atoms with van der Waals surface area (Å²) < 4.78 is 34.9. The maximum absolute atomic E-state index is 13.9. The fourth-order valence-corrected chi connectivity index (χ4v) is 3.47. The van der Waals surface area contributed by atoms with Crippen molar-refractivity contribution >= 4 is 23.0 Å². The number of hydrogen-bond acceptors (Lipinski definition) is 4. The lowest BCUT2D eigenvalue weighted by Crippen LogP contribution is -2.09. The monoisotopic (exact) mass is 451 g/mol. The van der Waals surface area contributed by atoms with Crippen LogP contribution in [0.3, 0.4) is 0 Å². The van der Waals surface area contributed by atoms with E-state index in [1.807, 2.05) is 0 Å². The second kappa shape index (κ2) is 9.16. The highest BCUT2D eigenvalue weighted by molar-refractivity contribution is 6.30. The van der Waals surface area contributed by atoms with E-state index in [9.17, 15) is 18.8 Å². The number of nitriles is 1. The lowest BCUT2D eigenvalue weighted by molar-refractivity contribution is 0.0973. The predicted octanol–water partition coefficient (Wildman–Crippen LogP) is 5.73. The summed E-state index contributed by atoms with van der Waals surface area (Å²) in [6.45, 7) is -0.332. The Bertz CT molecular complexity index is 1310. The molecule has 1 atom stereocenters. The number of aromatic nitrogens is 2. The minimum absolute atomic E-state index is 0.0442. The van der Waals surface area contributed by atoms with E-state index in [1.165, 1.54) is 16.7 Å². The van der Waals surface area contributed by atoms with Gasteiger partial charge in [-0.05, 0) is 42.0 Å². The quantitative estimate of drug-likeness (QED) is 0.337. The first-order valence-electron chi connectivity index (χ1n) is 9.68. The third kappa shape index (κ3) is 4.32. The van der Waals surface area contributed by atoms with Crippen LogP contribution in [0.25, 0.3) is 5.65 Å². The molecular formula is C24H16ClF2N3O2. The van der Waals surface area contributed by atoms with Gasteiger partial charge in [0.25, 0.3) is 0 Å². The number of pyridine rings is 1. The van der Waals surface area contributed by atoms with Gasteiger partial charge in [-0.3, -0.25) is 9.20 Å². The topological polar surface area (TPSA) is 67.4 Å². The highest BCUT2D eigenvalue weighted by atomic mass is 35.5. The average Bonchev–Trinajstić information content (AvgIpc) is 3.23. The van der Waals surface area contributed by atoms with Gasteiger partial charge < -0.3 is 4.74 Å². The van der Waals surface area contributed by atoms with Gasteiger partial charge in [-0.2, -0.15) is 5.26 Å². The van der Waals surface area contributed by atoms with Crippen molar-refractivity contribution in [3.63, 3.8) is 0 Å². The number of halogens is 3. The summed E-state index contributed by atoms with van der Waals surface area (Å²) in [5.41, 5.74) is 1.09. The Kier molecular flexibility index (Phi) is 6.15. The number of hydrogen-bond donors (Lipinski definition) is 0. The van der Waals surface area contributed by atoms with Crippen molar-refractivity contribution < 1.29 is 18.3 Å². The molecule has 0 saturated carbocycles. The van der Waals surface area contributed by atoms with Crippen molar-refractivity contribution in [2.75, 3.05) is 0 Å². The second-order valence-corrected chi connectivity index (χ2v) is 7.50. The molecule has 2 aromatic carbocycles. The van der Waals surface area contributed by atoms with E-state index < -0.39 is 17.6 Å². The van der Waals surface area contributed by atoms with Crippen molar-refractivity contribution in [2.45, 2.75) is 18.9 Å². The molecule has 4 aromatic rings. The van der Waals surface area contributed by atoms with Gasteiger partial charge in [0.2, 0.25) is 0 Å². The fraction of sp³-hybridized carbons (Fsp3) is 0.125. The third-order valence-electron chi connectivity index (χ3n) is 5.04. The van der Waals surface area contributed by atoms with Gasteiger partial charge >= 0.3 is 0 Å².